The van der Waals surface area contributed by atoms with Crippen LogP contribution < -0.4 is 0 Å². The van der Waals surface area contributed by atoms with Gasteiger partial charge in [0.15, 0.2) is 12.6 Å². The van der Waals surface area contributed by atoms with E-state index in [-0.39, 0.29) is 0 Å². The van der Waals surface area contributed by atoms with Gasteiger partial charge in [0.05, 0.1) is 0 Å². The lowest BCUT2D eigenvalue weighted by Gasteiger charge is -2.01. The second-order valence-corrected chi connectivity index (χ2v) is 3.25. The van der Waals surface area contributed by atoms with Crippen molar-refractivity contribution in [3.8, 4) is 0 Å². The third kappa shape index (κ3) is 1.49. The summed E-state index contributed by atoms with van der Waals surface area (Å²) < 4.78 is 0. The summed E-state index contributed by atoms with van der Waals surface area (Å²) in [4.78, 5) is 24.9. The molecule has 1 heterocycles. The van der Waals surface area contributed by atoms with Crippen LogP contribution in [0.25, 0.3) is 0 Å². The van der Waals surface area contributed by atoms with E-state index in [1.165, 1.54) is 6.20 Å². The molecule has 13 heavy (non-hydrogen) atoms. The molecule has 0 spiro atoms. The first-order valence-electron chi connectivity index (χ1n) is 4.25. The predicted molar refractivity (Wildman–Crippen MR) is 47.0 cm³/mol. The maximum atomic E-state index is 10.6. The van der Waals surface area contributed by atoms with E-state index in [4.69, 9.17) is 0 Å². The summed E-state index contributed by atoms with van der Waals surface area (Å²) in [6, 6.07) is 1.72. The van der Waals surface area contributed by atoms with Crippen LogP contribution >= 0.6 is 0 Å². The highest BCUT2D eigenvalue weighted by Crippen LogP contribution is 2.41. The van der Waals surface area contributed by atoms with Crippen LogP contribution in [0, 0.1) is 0 Å². The topological polar surface area (TPSA) is 47.0 Å². The zero-order valence-electron chi connectivity index (χ0n) is 7.06. The van der Waals surface area contributed by atoms with E-state index in [1.54, 1.807) is 6.07 Å². The van der Waals surface area contributed by atoms with Gasteiger partial charge >= 0.3 is 0 Å². The van der Waals surface area contributed by atoms with Crippen molar-refractivity contribution in [2.75, 3.05) is 0 Å². The highest BCUT2D eigenvalue weighted by Gasteiger charge is 2.26. The molecule has 1 aliphatic carbocycles. The number of rotatable bonds is 3. The van der Waals surface area contributed by atoms with Gasteiger partial charge in [-0.15, -0.1) is 0 Å². The Morgan fingerprint density at radius 2 is 2.08 bits per heavy atom. The first kappa shape index (κ1) is 8.10. The fourth-order valence-corrected chi connectivity index (χ4v) is 1.41. The number of hydrogen-bond acceptors (Lipinski definition) is 3. The number of hydrogen-bond donors (Lipinski definition) is 0. The van der Waals surface area contributed by atoms with Crippen molar-refractivity contribution >= 4 is 12.6 Å². The molecule has 1 aliphatic rings. The van der Waals surface area contributed by atoms with Gasteiger partial charge in [-0.2, -0.15) is 0 Å². The molecule has 0 bridgehead atoms. The third-order valence-corrected chi connectivity index (χ3v) is 2.25. The lowest BCUT2D eigenvalue weighted by molar-refractivity contribution is 0.110. The average molecular weight is 175 g/mol. The normalized spacial score (nSPS) is 15.4. The molecule has 0 N–H and O–H groups in total. The van der Waals surface area contributed by atoms with Gasteiger partial charge in [0, 0.05) is 11.8 Å². The summed E-state index contributed by atoms with van der Waals surface area (Å²) in [5, 5.41) is 0. The van der Waals surface area contributed by atoms with E-state index < -0.39 is 0 Å². The monoisotopic (exact) mass is 175 g/mol. The molecular formula is C10H9NO2. The van der Waals surface area contributed by atoms with Crippen LogP contribution in [-0.4, -0.2) is 17.6 Å². The van der Waals surface area contributed by atoms with Crippen LogP contribution in [-0.2, 0) is 0 Å². The molecule has 1 aromatic rings. The molecule has 3 heteroatoms. The summed E-state index contributed by atoms with van der Waals surface area (Å²) in [6.07, 6.45) is 5.21. The fraction of sp³-hybridized carbons (Fsp3) is 0.300. The number of aromatic nitrogens is 1. The van der Waals surface area contributed by atoms with Crippen LogP contribution in [0.4, 0.5) is 0 Å². The van der Waals surface area contributed by atoms with E-state index in [2.05, 4.69) is 4.98 Å². The minimum Gasteiger partial charge on any atom is -0.298 e. The van der Waals surface area contributed by atoms with Crippen LogP contribution in [0.2, 0.25) is 0 Å². The van der Waals surface area contributed by atoms with Crippen molar-refractivity contribution in [2.24, 2.45) is 0 Å². The SMILES string of the molecule is O=Cc1cc(C2CC2)c(C=O)cn1. The quantitative estimate of drug-likeness (QED) is 0.655. The molecule has 1 saturated carbocycles. The number of nitrogens with zero attached hydrogens (tertiary/aromatic N) is 1. The Morgan fingerprint density at radius 3 is 2.62 bits per heavy atom. The third-order valence-electron chi connectivity index (χ3n) is 2.25. The van der Waals surface area contributed by atoms with Crippen LogP contribution in [0.3, 0.4) is 0 Å². The molecule has 66 valence electrons. The van der Waals surface area contributed by atoms with Crippen LogP contribution in [0.1, 0.15) is 45.2 Å². The summed E-state index contributed by atoms with van der Waals surface area (Å²) in [5.41, 5.74) is 2.01. The van der Waals surface area contributed by atoms with Crippen molar-refractivity contribution in [3.63, 3.8) is 0 Å². The van der Waals surface area contributed by atoms with Gasteiger partial charge in [-0.1, -0.05) is 0 Å². The van der Waals surface area contributed by atoms with Gasteiger partial charge in [0.2, 0.25) is 0 Å². The summed E-state index contributed by atoms with van der Waals surface area (Å²) in [5.74, 6) is 0.474. The molecule has 0 unspecified atom stereocenters. The first-order valence-corrected chi connectivity index (χ1v) is 4.25. The van der Waals surface area contributed by atoms with Crippen molar-refractivity contribution in [2.45, 2.75) is 18.8 Å². The van der Waals surface area contributed by atoms with Crippen molar-refractivity contribution < 1.29 is 9.59 Å². The maximum Gasteiger partial charge on any atom is 0.168 e. The molecule has 1 fully saturated rings. The minimum atomic E-state index is 0.410. The molecule has 0 atom stereocenters. The summed E-state index contributed by atoms with van der Waals surface area (Å²) in [7, 11) is 0. The largest absolute Gasteiger partial charge is 0.298 e. The van der Waals surface area contributed by atoms with Crippen molar-refractivity contribution in [1.29, 1.82) is 0 Å². The van der Waals surface area contributed by atoms with E-state index >= 15 is 0 Å². The van der Waals surface area contributed by atoms with Crippen LogP contribution in [0.5, 0.6) is 0 Å². The molecule has 0 aromatic carbocycles. The number of carbonyl (C=O) groups excluding carboxylic acids is 2. The van der Waals surface area contributed by atoms with E-state index in [0.717, 1.165) is 24.7 Å². The lowest BCUT2D eigenvalue weighted by atomic mass is 10.1. The molecule has 1 aromatic heterocycles. The zero-order chi connectivity index (χ0) is 9.26. The highest BCUT2D eigenvalue weighted by molar-refractivity contribution is 5.80. The van der Waals surface area contributed by atoms with Crippen molar-refractivity contribution in [3.05, 3.63) is 29.1 Å². The van der Waals surface area contributed by atoms with Gasteiger partial charge < -0.3 is 0 Å². The van der Waals surface area contributed by atoms with Crippen LogP contribution in [0.15, 0.2) is 12.3 Å². The Bertz CT molecular complexity index is 356. The van der Waals surface area contributed by atoms with Gasteiger partial charge in [-0.3, -0.25) is 14.6 Å². The Labute approximate surface area is 75.8 Å². The summed E-state index contributed by atoms with van der Waals surface area (Å²) in [6.45, 7) is 0. The average Bonchev–Trinajstić information content (AvgIpc) is 3.00. The molecule has 0 aliphatic heterocycles. The molecule has 0 radical (unpaired) electrons. The Kier molecular flexibility index (Phi) is 1.93. The fourth-order valence-electron chi connectivity index (χ4n) is 1.41. The smallest absolute Gasteiger partial charge is 0.168 e. The maximum absolute atomic E-state index is 10.6. The summed E-state index contributed by atoms with van der Waals surface area (Å²) >= 11 is 0. The van der Waals surface area contributed by atoms with Gasteiger partial charge in [-0.25, -0.2) is 0 Å². The Balaban J connectivity index is 2.46. The molecule has 0 amide bonds. The zero-order valence-corrected chi connectivity index (χ0v) is 7.06. The number of pyridine rings is 1. The van der Waals surface area contributed by atoms with E-state index in [0.29, 0.717) is 23.5 Å². The van der Waals surface area contributed by atoms with E-state index in [1.807, 2.05) is 0 Å². The lowest BCUT2D eigenvalue weighted by Crippen LogP contribution is -1.96. The second kappa shape index (κ2) is 3.09. The van der Waals surface area contributed by atoms with Gasteiger partial charge in [0.25, 0.3) is 0 Å². The molecular weight excluding hydrogens is 166 g/mol. The molecule has 3 nitrogen and oxygen atoms in total. The molecule has 2 rings (SSSR count). The van der Waals surface area contributed by atoms with Gasteiger partial charge in [0.1, 0.15) is 5.69 Å². The minimum absolute atomic E-state index is 0.410. The Morgan fingerprint density at radius 1 is 1.31 bits per heavy atom. The second-order valence-electron chi connectivity index (χ2n) is 3.25. The Hall–Kier alpha value is -1.51. The number of aldehydes is 2. The standard InChI is InChI=1S/C10H9NO2/c12-5-8-4-11-9(6-13)3-10(8)7-1-2-7/h3-7H,1-2H2. The highest BCUT2D eigenvalue weighted by atomic mass is 16.1. The first-order chi connectivity index (χ1) is 6.35. The molecule has 0 saturated heterocycles. The number of carbonyl (C=O) groups is 2. The predicted octanol–water partition coefficient (Wildman–Crippen LogP) is 1.58. The van der Waals surface area contributed by atoms with Crippen molar-refractivity contribution in [1.82, 2.24) is 4.98 Å². The van der Waals surface area contributed by atoms with E-state index in [9.17, 15) is 9.59 Å². The van der Waals surface area contributed by atoms with Gasteiger partial charge in [-0.05, 0) is 30.4 Å².